The van der Waals surface area contributed by atoms with Gasteiger partial charge in [0.05, 0.1) is 6.10 Å². The normalized spacial score (nSPS) is 13.4. The van der Waals surface area contributed by atoms with Crippen molar-refractivity contribution in [2.45, 2.75) is 32.5 Å². The molecule has 0 aliphatic carbocycles. The summed E-state index contributed by atoms with van der Waals surface area (Å²) < 4.78 is 0. The lowest BCUT2D eigenvalue weighted by Gasteiger charge is -2.17. The Bertz CT molecular complexity index is 442. The van der Waals surface area contributed by atoms with Crippen LogP contribution in [-0.4, -0.2) is 34.4 Å². The molecule has 0 heterocycles. The van der Waals surface area contributed by atoms with Crippen molar-refractivity contribution in [2.75, 3.05) is 0 Å². The van der Waals surface area contributed by atoms with Crippen LogP contribution in [0.2, 0.25) is 0 Å². The highest BCUT2D eigenvalue weighted by atomic mass is 16.4. The maximum atomic E-state index is 11.5. The van der Waals surface area contributed by atoms with E-state index < -0.39 is 24.1 Å². The number of rotatable bonds is 5. The van der Waals surface area contributed by atoms with Crippen molar-refractivity contribution in [2.24, 2.45) is 0 Å². The molecule has 6 nitrogen and oxygen atoms in total. The summed E-state index contributed by atoms with van der Waals surface area (Å²) in [5.41, 5.74) is 2.03. The van der Waals surface area contributed by atoms with Crippen molar-refractivity contribution in [1.82, 2.24) is 10.6 Å². The number of carbonyl (C=O) groups is 2. The molecule has 2 atom stereocenters. The summed E-state index contributed by atoms with van der Waals surface area (Å²) in [7, 11) is 0. The molecule has 2 amide bonds. The third kappa shape index (κ3) is 4.97. The third-order valence-corrected chi connectivity index (χ3v) is 2.61. The van der Waals surface area contributed by atoms with Gasteiger partial charge in [-0.1, -0.05) is 29.8 Å². The number of carboxylic acid groups (broad SMARTS) is 1. The minimum atomic E-state index is -1.32. The van der Waals surface area contributed by atoms with Crippen molar-refractivity contribution in [1.29, 1.82) is 0 Å². The van der Waals surface area contributed by atoms with Gasteiger partial charge in [0, 0.05) is 6.54 Å². The number of hydrogen-bond donors (Lipinski definition) is 4. The first-order valence-electron chi connectivity index (χ1n) is 5.91. The molecule has 6 heteroatoms. The first kappa shape index (κ1) is 15.0. The quantitative estimate of drug-likeness (QED) is 0.628. The second-order valence-electron chi connectivity index (χ2n) is 4.37. The second-order valence-corrected chi connectivity index (χ2v) is 4.37. The molecular weight excluding hydrogens is 248 g/mol. The van der Waals surface area contributed by atoms with E-state index in [0.29, 0.717) is 0 Å². The van der Waals surface area contributed by atoms with Gasteiger partial charge in [-0.15, -0.1) is 0 Å². The highest BCUT2D eigenvalue weighted by Crippen LogP contribution is 2.02. The van der Waals surface area contributed by atoms with E-state index in [9.17, 15) is 14.7 Å². The van der Waals surface area contributed by atoms with Crippen molar-refractivity contribution in [3.8, 4) is 0 Å². The van der Waals surface area contributed by atoms with Crippen LogP contribution in [0, 0.1) is 6.92 Å². The fourth-order valence-corrected chi connectivity index (χ4v) is 1.47. The van der Waals surface area contributed by atoms with Crippen molar-refractivity contribution < 1.29 is 19.8 Å². The lowest BCUT2D eigenvalue weighted by atomic mass is 10.1. The topological polar surface area (TPSA) is 98.7 Å². The number of aryl methyl sites for hydroxylation is 1. The van der Waals surface area contributed by atoms with Gasteiger partial charge in [-0.25, -0.2) is 9.59 Å². The van der Waals surface area contributed by atoms with Gasteiger partial charge in [0.1, 0.15) is 0 Å². The van der Waals surface area contributed by atoms with Crippen LogP contribution >= 0.6 is 0 Å². The lowest BCUT2D eigenvalue weighted by Crippen LogP contribution is -2.50. The Balaban J connectivity index is 2.47. The Kier molecular flexibility index (Phi) is 5.32. The van der Waals surface area contributed by atoms with Crippen LogP contribution in [-0.2, 0) is 11.3 Å². The number of amides is 2. The number of aliphatic carboxylic acids is 1. The Morgan fingerprint density at radius 3 is 2.32 bits per heavy atom. The van der Waals surface area contributed by atoms with Gasteiger partial charge in [0.2, 0.25) is 0 Å². The largest absolute Gasteiger partial charge is 0.480 e. The first-order valence-corrected chi connectivity index (χ1v) is 5.91. The summed E-state index contributed by atoms with van der Waals surface area (Å²) in [4.78, 5) is 22.3. The van der Waals surface area contributed by atoms with E-state index in [1.54, 1.807) is 0 Å². The molecule has 1 rings (SSSR count). The number of aliphatic hydroxyl groups excluding tert-OH is 1. The van der Waals surface area contributed by atoms with E-state index in [1.807, 2.05) is 31.2 Å². The molecule has 2 unspecified atom stereocenters. The van der Waals surface area contributed by atoms with E-state index in [2.05, 4.69) is 10.6 Å². The number of urea groups is 1. The summed E-state index contributed by atoms with van der Waals surface area (Å²) in [5, 5.41) is 22.8. The van der Waals surface area contributed by atoms with E-state index in [4.69, 9.17) is 5.11 Å². The maximum absolute atomic E-state index is 11.5. The monoisotopic (exact) mass is 266 g/mol. The molecule has 1 aromatic carbocycles. The summed E-state index contributed by atoms with van der Waals surface area (Å²) in [6, 6.07) is 5.64. The predicted octanol–water partition coefficient (Wildman–Crippen LogP) is 0.628. The maximum Gasteiger partial charge on any atom is 0.328 e. The van der Waals surface area contributed by atoms with Crippen LogP contribution in [0.1, 0.15) is 18.1 Å². The number of nitrogens with one attached hydrogen (secondary N) is 2. The van der Waals surface area contributed by atoms with Gasteiger partial charge in [-0.3, -0.25) is 0 Å². The van der Waals surface area contributed by atoms with E-state index in [-0.39, 0.29) is 6.54 Å². The van der Waals surface area contributed by atoms with Gasteiger partial charge in [0.25, 0.3) is 0 Å². The van der Waals surface area contributed by atoms with Crippen LogP contribution in [0.5, 0.6) is 0 Å². The zero-order chi connectivity index (χ0) is 14.4. The SMILES string of the molecule is Cc1ccc(CNC(=O)NC(C(=O)O)C(C)O)cc1. The van der Waals surface area contributed by atoms with Crippen molar-refractivity contribution in [3.05, 3.63) is 35.4 Å². The molecule has 0 aliphatic heterocycles. The molecule has 1 aromatic rings. The molecule has 0 aromatic heterocycles. The van der Waals surface area contributed by atoms with Crippen LogP contribution in [0.4, 0.5) is 4.79 Å². The minimum absolute atomic E-state index is 0.290. The predicted molar refractivity (Wildman–Crippen MR) is 69.7 cm³/mol. The Morgan fingerprint density at radius 2 is 1.84 bits per heavy atom. The van der Waals surface area contributed by atoms with Crippen LogP contribution in [0.3, 0.4) is 0 Å². The average Bonchev–Trinajstić information content (AvgIpc) is 2.34. The summed E-state index contributed by atoms with van der Waals surface area (Å²) in [6.07, 6.45) is -1.16. The van der Waals surface area contributed by atoms with E-state index in [1.165, 1.54) is 6.92 Å². The third-order valence-electron chi connectivity index (χ3n) is 2.61. The molecule has 0 aliphatic rings. The molecule has 0 saturated heterocycles. The van der Waals surface area contributed by atoms with Crippen molar-refractivity contribution in [3.63, 3.8) is 0 Å². The molecule has 0 saturated carbocycles. The second kappa shape index (κ2) is 6.75. The summed E-state index contributed by atoms with van der Waals surface area (Å²) in [5.74, 6) is -1.28. The molecule has 19 heavy (non-hydrogen) atoms. The van der Waals surface area contributed by atoms with Gasteiger partial charge in [0.15, 0.2) is 6.04 Å². The minimum Gasteiger partial charge on any atom is -0.480 e. The number of carboxylic acids is 1. The molecular formula is C13H18N2O4. The number of benzene rings is 1. The summed E-state index contributed by atoms with van der Waals surface area (Å²) in [6.45, 7) is 3.56. The Labute approximate surface area is 111 Å². The van der Waals surface area contributed by atoms with Crippen LogP contribution in [0.25, 0.3) is 0 Å². The molecule has 104 valence electrons. The van der Waals surface area contributed by atoms with Gasteiger partial charge < -0.3 is 20.8 Å². The van der Waals surface area contributed by atoms with E-state index in [0.717, 1.165) is 11.1 Å². The number of hydrogen-bond acceptors (Lipinski definition) is 3. The first-order chi connectivity index (χ1) is 8.90. The lowest BCUT2D eigenvalue weighted by molar-refractivity contribution is -0.141. The zero-order valence-electron chi connectivity index (χ0n) is 10.9. The highest BCUT2D eigenvalue weighted by Gasteiger charge is 2.24. The molecule has 0 spiro atoms. The van der Waals surface area contributed by atoms with Crippen LogP contribution < -0.4 is 10.6 Å². The summed E-state index contributed by atoms with van der Waals surface area (Å²) >= 11 is 0. The molecule has 0 bridgehead atoms. The van der Waals surface area contributed by atoms with Gasteiger partial charge in [-0.2, -0.15) is 0 Å². The molecule has 0 radical (unpaired) electrons. The highest BCUT2D eigenvalue weighted by molar-refractivity contribution is 5.82. The Hall–Kier alpha value is -2.08. The van der Waals surface area contributed by atoms with E-state index >= 15 is 0 Å². The fourth-order valence-electron chi connectivity index (χ4n) is 1.47. The number of aliphatic hydroxyl groups is 1. The smallest absolute Gasteiger partial charge is 0.328 e. The van der Waals surface area contributed by atoms with Gasteiger partial charge in [-0.05, 0) is 19.4 Å². The Morgan fingerprint density at radius 1 is 1.26 bits per heavy atom. The molecule has 4 N–H and O–H groups in total. The van der Waals surface area contributed by atoms with Crippen molar-refractivity contribution >= 4 is 12.0 Å². The average molecular weight is 266 g/mol. The standard InChI is InChI=1S/C13H18N2O4/c1-8-3-5-10(6-4-8)7-14-13(19)15-11(9(2)16)12(17)18/h3-6,9,11,16H,7H2,1-2H3,(H,17,18)(H2,14,15,19). The van der Waals surface area contributed by atoms with Gasteiger partial charge >= 0.3 is 12.0 Å². The zero-order valence-corrected chi connectivity index (χ0v) is 10.9. The molecule has 0 fully saturated rings. The fraction of sp³-hybridized carbons (Fsp3) is 0.385. The van der Waals surface area contributed by atoms with Crippen LogP contribution in [0.15, 0.2) is 24.3 Å². The number of carbonyl (C=O) groups excluding carboxylic acids is 1.